The van der Waals surface area contributed by atoms with Gasteiger partial charge in [-0.2, -0.15) is 18.2 Å². The lowest BCUT2D eigenvalue weighted by Gasteiger charge is -2.24. The maximum Gasteiger partial charge on any atom is 0.471 e. The third-order valence-electron chi connectivity index (χ3n) is 24.2. The summed E-state index contributed by atoms with van der Waals surface area (Å²) < 4.78 is 117. The molecule has 2 aromatic heterocycles. The Bertz CT molecular complexity index is 5000. The highest BCUT2D eigenvalue weighted by Crippen LogP contribution is 2.35. The van der Waals surface area contributed by atoms with Crippen molar-refractivity contribution in [3.63, 3.8) is 0 Å². The van der Waals surface area contributed by atoms with Crippen LogP contribution in [0.5, 0.6) is 46.0 Å². The number of H-pyrrole nitrogens is 1. The number of aromatic amines is 1. The quantitative estimate of drug-likeness (QED) is 0.0134. The van der Waals surface area contributed by atoms with Gasteiger partial charge in [-0.05, 0) is 166 Å². The molecule has 4 amide bonds. The van der Waals surface area contributed by atoms with Crippen molar-refractivity contribution in [3.8, 4) is 46.0 Å². The van der Waals surface area contributed by atoms with E-state index in [1.54, 1.807) is 6.07 Å². The molecule has 0 unspecified atom stereocenters. The number of hydrogen-bond acceptors (Lipinski definition) is 25. The van der Waals surface area contributed by atoms with Crippen molar-refractivity contribution in [3.05, 3.63) is 147 Å². The maximum atomic E-state index is 15.4. The van der Waals surface area contributed by atoms with Crippen molar-refractivity contribution >= 4 is 70.3 Å². The SMILES string of the molecule is CCCCCCOc1ccc(CCOC(=O)CC[C@@H](NC(=O)CC[C@@H](NC(=O)c2ccc(N(Cc3cnc4nc(N)[nH]c(=O)c4n3)C(=O)C(F)(F)F)cc2)C(=O)N[C@H](CCC(=O)OCCc2ccc(OCCCCCC)c(OCCCCCC)c2)C(=O)OCCc2ccc(OCCCCCC)c(OCCCCCC)c2)C(=O)OCCc2ccc(OCCCCCC)c(OCCCCCC)c2)cc1OCCCCCC. The predicted octanol–water partition coefficient (Wildman–Crippen LogP) is 21.6. The Hall–Kier alpha value is -11.9. The van der Waals surface area contributed by atoms with Crippen LogP contribution in [0.25, 0.3) is 11.2 Å². The zero-order valence-electron chi connectivity index (χ0n) is 86.5. The lowest BCUT2D eigenvalue weighted by atomic mass is 10.1. The van der Waals surface area contributed by atoms with Crippen LogP contribution in [0, 0.1) is 0 Å². The number of ether oxygens (including phenoxy) is 12. The number of nitrogen functional groups attached to an aromatic ring is 1. The third-order valence-corrected chi connectivity index (χ3v) is 24.2. The average Bonchev–Trinajstić information content (AvgIpc) is 0.795. The molecule has 7 aromatic rings. The van der Waals surface area contributed by atoms with Gasteiger partial charge in [0, 0.05) is 56.2 Å². The van der Waals surface area contributed by atoms with E-state index in [-0.39, 0.29) is 86.9 Å². The van der Waals surface area contributed by atoms with E-state index in [1.165, 1.54) is 0 Å². The van der Waals surface area contributed by atoms with E-state index in [0.29, 0.717) is 109 Å². The second kappa shape index (κ2) is 69.9. The summed E-state index contributed by atoms with van der Waals surface area (Å²) in [5, 5.41) is 7.99. The zero-order chi connectivity index (χ0) is 104. The molecule has 7 rings (SSSR count). The number of halogens is 3. The van der Waals surface area contributed by atoms with Gasteiger partial charge in [-0.3, -0.25) is 43.4 Å². The van der Waals surface area contributed by atoms with Crippen molar-refractivity contribution < 1.29 is 108 Å². The number of amides is 4. The molecule has 2 heterocycles. The first-order valence-corrected chi connectivity index (χ1v) is 53.0. The van der Waals surface area contributed by atoms with Crippen LogP contribution in [0.4, 0.5) is 24.8 Å². The Labute approximate surface area is 849 Å². The first-order chi connectivity index (χ1) is 69.9. The fourth-order valence-electron chi connectivity index (χ4n) is 15.7. The van der Waals surface area contributed by atoms with Crippen LogP contribution in [0.2, 0.25) is 0 Å². The fraction of sp³-hybridized carbons (Fsp3) is 0.604. The summed E-state index contributed by atoms with van der Waals surface area (Å²) in [5.41, 5.74) is 6.28. The smallest absolute Gasteiger partial charge is 0.471 e. The molecule has 5 aromatic carbocycles. The molecule has 0 fully saturated rings. The Morgan fingerprint density at radius 2 is 0.701 bits per heavy atom. The van der Waals surface area contributed by atoms with Crippen LogP contribution in [-0.2, 0) is 84.7 Å². The van der Waals surface area contributed by atoms with E-state index < -0.39 is 122 Å². The zero-order valence-corrected chi connectivity index (χ0v) is 86.5. The lowest BCUT2D eigenvalue weighted by Crippen LogP contribution is -2.52. The summed E-state index contributed by atoms with van der Waals surface area (Å²) in [6, 6.07) is 21.3. The summed E-state index contributed by atoms with van der Waals surface area (Å²) in [7, 11) is 0. The number of carbonyl (C=O) groups excluding carboxylic acids is 8. The molecule has 6 N–H and O–H groups in total. The highest BCUT2D eigenvalue weighted by atomic mass is 19.4. The van der Waals surface area contributed by atoms with E-state index in [1.807, 2.05) is 66.7 Å². The minimum Gasteiger partial charge on any atom is -0.490 e. The summed E-state index contributed by atoms with van der Waals surface area (Å²) in [6.45, 7) is 19.4. The van der Waals surface area contributed by atoms with Gasteiger partial charge in [-0.25, -0.2) is 19.6 Å². The summed E-state index contributed by atoms with van der Waals surface area (Å²) in [6.07, 6.45) is 25.4. The molecule has 0 bridgehead atoms. The Morgan fingerprint density at radius 1 is 0.375 bits per heavy atom. The summed E-state index contributed by atoms with van der Waals surface area (Å²) >= 11 is 0. The van der Waals surface area contributed by atoms with Gasteiger partial charge in [0.05, 0.1) is 97.7 Å². The Balaban J connectivity index is 1.21. The van der Waals surface area contributed by atoms with Crippen LogP contribution in [0.3, 0.4) is 0 Å². The number of alkyl halides is 3. The highest BCUT2D eigenvalue weighted by Gasteiger charge is 2.44. The number of carbonyl (C=O) groups is 8. The molecule has 33 heteroatoms. The number of rotatable bonds is 79. The van der Waals surface area contributed by atoms with Crippen molar-refractivity contribution in [2.45, 2.75) is 356 Å². The van der Waals surface area contributed by atoms with Crippen LogP contribution >= 0.6 is 0 Å². The summed E-state index contributed by atoms with van der Waals surface area (Å²) in [4.78, 5) is 144. The Kier molecular flexibility index (Phi) is 57.8. The first kappa shape index (κ1) is 119. The number of nitrogens with zero attached hydrogens (tertiary/aromatic N) is 4. The van der Waals surface area contributed by atoms with Gasteiger partial charge in [0.15, 0.2) is 57.2 Å². The number of benzene rings is 5. The van der Waals surface area contributed by atoms with Crippen LogP contribution < -0.4 is 70.0 Å². The number of unbranched alkanes of at least 4 members (excludes halogenated alkanes) is 24. The maximum absolute atomic E-state index is 15.4. The van der Waals surface area contributed by atoms with Crippen LogP contribution in [-0.4, -0.2) is 171 Å². The number of hydrogen-bond donors (Lipinski definition) is 5. The van der Waals surface area contributed by atoms with Gasteiger partial charge >= 0.3 is 36.0 Å². The monoisotopic (exact) mass is 2010 g/mol. The molecule has 0 saturated carbocycles. The minimum absolute atomic E-state index is 0.0677. The van der Waals surface area contributed by atoms with Gasteiger partial charge in [0.25, 0.3) is 11.5 Å². The normalized spacial score (nSPS) is 11.9. The molecular weight excluding hydrogens is 1850 g/mol. The molecule has 144 heavy (non-hydrogen) atoms. The van der Waals surface area contributed by atoms with Crippen molar-refractivity contribution in [2.75, 3.05) is 89.9 Å². The van der Waals surface area contributed by atoms with Crippen LogP contribution in [0.1, 0.15) is 338 Å². The van der Waals surface area contributed by atoms with E-state index in [4.69, 9.17) is 62.6 Å². The number of esters is 4. The topological polar surface area (TPSA) is 384 Å². The molecule has 0 radical (unpaired) electrons. The van der Waals surface area contributed by atoms with Crippen molar-refractivity contribution in [1.29, 1.82) is 0 Å². The van der Waals surface area contributed by atoms with E-state index in [2.05, 4.69) is 91.3 Å². The van der Waals surface area contributed by atoms with Crippen molar-refractivity contribution in [1.82, 2.24) is 35.9 Å². The summed E-state index contributed by atoms with van der Waals surface area (Å²) in [5.74, 6) is -4.56. The van der Waals surface area contributed by atoms with E-state index in [0.717, 1.165) is 253 Å². The predicted molar refractivity (Wildman–Crippen MR) is 550 cm³/mol. The number of nitrogens with two attached hydrogens (primary N) is 1. The second-order valence-electron chi connectivity index (χ2n) is 36.4. The van der Waals surface area contributed by atoms with Crippen LogP contribution in [0.15, 0.2) is 108 Å². The van der Waals surface area contributed by atoms with E-state index >= 15 is 4.79 Å². The molecule has 0 aliphatic carbocycles. The lowest BCUT2D eigenvalue weighted by molar-refractivity contribution is -0.170. The number of fused-ring (bicyclic) bond motifs is 1. The van der Waals surface area contributed by atoms with Gasteiger partial charge in [-0.15, -0.1) is 0 Å². The van der Waals surface area contributed by atoms with E-state index in [9.17, 15) is 51.5 Å². The molecule has 0 saturated heterocycles. The molecule has 0 spiro atoms. The molecule has 0 aliphatic rings. The molecule has 30 nitrogen and oxygen atoms in total. The van der Waals surface area contributed by atoms with Gasteiger partial charge in [0.1, 0.15) is 18.1 Å². The van der Waals surface area contributed by atoms with Gasteiger partial charge in [0.2, 0.25) is 17.8 Å². The molecule has 796 valence electrons. The van der Waals surface area contributed by atoms with Gasteiger partial charge < -0.3 is 78.5 Å². The first-order valence-electron chi connectivity index (χ1n) is 53.0. The standard InChI is InChI=1S/C111H160F3N9O21/c1-9-17-25-33-63-133-91-52-41-81(75-95(91)137-67-37-29-21-13-5)59-71-141-100(125)57-50-89(107(130)143-73-61-83-43-54-93(135-65-35-27-19-11-3)97(77-83)139-69-39-31-23-15-7)118-99(124)56-49-88(119-104(127)85-45-47-87(48-46-85)123(109(132)111(112,113)114)80-86-79-116-103-102(117-86)106(129)122-110(115)121-103)105(128)120-90(108(131)144-74-62-84-44-55-94(136-66-36-28-20-12-4)98(78-84)140-70-40-32-24-16-8)51-58-101(126)142-72-60-82-42-53-92(134-64-34-26-18-10-2)96(76-82)138-68-38-30-22-14-6/h41-48,52-55,75-79,88-90H,9-40,49-51,56-74,80H2,1-8H3,(H,118,124)(H,119,127)(H,120,128)(H3,115,116,121,122,129)/t88-,89-,90-/m1/s1. The largest absolute Gasteiger partial charge is 0.490 e. The highest BCUT2D eigenvalue weighted by molar-refractivity contribution is 6.00. The molecular formula is C111H160F3N9O21. The van der Waals surface area contributed by atoms with Crippen molar-refractivity contribution in [2.24, 2.45) is 0 Å². The number of aromatic nitrogens is 4. The second-order valence-corrected chi connectivity index (χ2v) is 36.4. The minimum atomic E-state index is -5.47. The number of anilines is 2. The van der Waals surface area contributed by atoms with Gasteiger partial charge in [-0.1, -0.05) is 234 Å². The number of nitrogens with one attached hydrogen (secondary N) is 4. The molecule has 0 aliphatic heterocycles. The molecule has 3 atom stereocenters. The fourth-order valence-corrected chi connectivity index (χ4v) is 15.7. The average molecular weight is 2010 g/mol. The Morgan fingerprint density at radius 3 is 1.04 bits per heavy atom. The third kappa shape index (κ3) is 46.4.